The second-order valence-corrected chi connectivity index (χ2v) is 9.87. The van der Waals surface area contributed by atoms with Crippen molar-refractivity contribution in [3.63, 3.8) is 0 Å². The van der Waals surface area contributed by atoms with E-state index in [-0.39, 0.29) is 13.2 Å². The smallest absolute Gasteiger partial charge is 0.415 e. The van der Waals surface area contributed by atoms with E-state index in [4.69, 9.17) is 48.6 Å². The lowest BCUT2D eigenvalue weighted by molar-refractivity contribution is 0.106. The summed E-state index contributed by atoms with van der Waals surface area (Å²) in [5.74, 6) is -1.01. The highest BCUT2D eigenvalue weighted by molar-refractivity contribution is 7.54. The molecule has 0 spiro atoms. The van der Waals surface area contributed by atoms with Gasteiger partial charge in [-0.25, -0.2) is 4.79 Å². The number of alkyl halides is 3. The molecule has 144 valence electrons. The van der Waals surface area contributed by atoms with Crippen LogP contribution in [0.15, 0.2) is 30.5 Å². The Bertz CT molecular complexity index is 712. The van der Waals surface area contributed by atoms with Gasteiger partial charge in [0.1, 0.15) is 6.61 Å². The summed E-state index contributed by atoms with van der Waals surface area (Å²) >= 11 is 16.9. The number of ether oxygens (including phenoxy) is 1. The van der Waals surface area contributed by atoms with E-state index in [0.29, 0.717) is 5.56 Å². The van der Waals surface area contributed by atoms with Crippen LogP contribution in [0.25, 0.3) is 6.08 Å². The first kappa shape index (κ1) is 21.5. The molecule has 10 heteroatoms. The van der Waals surface area contributed by atoms with Crippen molar-refractivity contribution in [2.45, 2.75) is 23.4 Å². The van der Waals surface area contributed by atoms with Crippen molar-refractivity contribution < 1.29 is 23.1 Å². The van der Waals surface area contributed by atoms with Crippen molar-refractivity contribution in [3.05, 3.63) is 41.6 Å². The standard InChI is InChI=1S/C16H19Cl3NO5P/c1-3-24-26(22,25-4-2)14-13-8-6-5-7-12(13)9-10-20(14)15(21)23-11-16(17,18)19/h5-10,14H,3-4,11H2,1-2H3. The third kappa shape index (κ3) is 5.16. The zero-order valence-electron chi connectivity index (χ0n) is 14.2. The van der Waals surface area contributed by atoms with Crippen LogP contribution in [0.1, 0.15) is 30.8 Å². The molecule has 1 atom stereocenters. The van der Waals surface area contributed by atoms with Gasteiger partial charge in [-0.3, -0.25) is 9.46 Å². The van der Waals surface area contributed by atoms with Gasteiger partial charge >= 0.3 is 13.7 Å². The highest BCUT2D eigenvalue weighted by Gasteiger charge is 2.45. The summed E-state index contributed by atoms with van der Waals surface area (Å²) in [7, 11) is -3.73. The highest BCUT2D eigenvalue weighted by atomic mass is 35.6. The second-order valence-electron chi connectivity index (χ2n) is 5.27. The SMILES string of the molecule is CCOP(=O)(OCC)C1c2ccccc2C=CN1C(=O)OCC(Cl)(Cl)Cl. The number of nitrogens with zero attached hydrogens (tertiary/aromatic N) is 1. The van der Waals surface area contributed by atoms with Crippen LogP contribution in [-0.4, -0.2) is 34.6 Å². The molecular formula is C16H19Cl3NO5P. The van der Waals surface area contributed by atoms with E-state index in [1.54, 1.807) is 32.1 Å². The van der Waals surface area contributed by atoms with E-state index in [0.717, 1.165) is 10.5 Å². The molecular weight excluding hydrogens is 424 g/mol. The van der Waals surface area contributed by atoms with Crippen molar-refractivity contribution in [1.82, 2.24) is 4.90 Å². The lowest BCUT2D eigenvalue weighted by Crippen LogP contribution is -2.35. The molecule has 0 fully saturated rings. The Hall–Kier alpha value is -0.750. The van der Waals surface area contributed by atoms with Crippen molar-refractivity contribution >= 4 is 54.6 Å². The van der Waals surface area contributed by atoms with Crippen LogP contribution in [0.3, 0.4) is 0 Å². The maximum atomic E-state index is 13.4. The quantitative estimate of drug-likeness (QED) is 0.415. The zero-order valence-corrected chi connectivity index (χ0v) is 17.4. The maximum Gasteiger partial charge on any atom is 0.415 e. The second kappa shape index (κ2) is 8.96. The topological polar surface area (TPSA) is 65.1 Å². The Morgan fingerprint density at radius 2 is 1.81 bits per heavy atom. The summed E-state index contributed by atoms with van der Waals surface area (Å²) in [6, 6.07) is 7.20. The molecule has 0 bridgehead atoms. The van der Waals surface area contributed by atoms with Crippen LogP contribution in [0.5, 0.6) is 0 Å². The minimum atomic E-state index is -3.73. The van der Waals surface area contributed by atoms with Crippen LogP contribution >= 0.6 is 42.4 Å². The molecule has 1 aromatic carbocycles. The van der Waals surface area contributed by atoms with Gasteiger partial charge < -0.3 is 13.8 Å². The van der Waals surface area contributed by atoms with Crippen molar-refractivity contribution in [1.29, 1.82) is 0 Å². The number of halogens is 3. The number of hydrogen-bond donors (Lipinski definition) is 0. The molecule has 0 saturated heterocycles. The van der Waals surface area contributed by atoms with Gasteiger partial charge in [0, 0.05) is 6.20 Å². The molecule has 1 unspecified atom stereocenters. The van der Waals surface area contributed by atoms with Crippen molar-refractivity contribution in [2.75, 3.05) is 19.8 Å². The van der Waals surface area contributed by atoms with Crippen LogP contribution in [0.2, 0.25) is 0 Å². The van der Waals surface area contributed by atoms with E-state index in [2.05, 4.69) is 0 Å². The van der Waals surface area contributed by atoms with Gasteiger partial charge in [-0.15, -0.1) is 0 Å². The molecule has 6 nitrogen and oxygen atoms in total. The highest BCUT2D eigenvalue weighted by Crippen LogP contribution is 2.63. The molecule has 1 aliphatic rings. The summed E-state index contributed by atoms with van der Waals surface area (Å²) in [6.07, 6.45) is 2.33. The average Bonchev–Trinajstić information content (AvgIpc) is 2.58. The molecule has 0 radical (unpaired) electrons. The lowest BCUT2D eigenvalue weighted by Gasteiger charge is -2.36. The molecule has 1 heterocycles. The first-order valence-electron chi connectivity index (χ1n) is 7.89. The summed E-state index contributed by atoms with van der Waals surface area (Å²) in [5.41, 5.74) is 1.41. The molecule has 0 aliphatic carbocycles. The normalized spacial score (nSPS) is 17.1. The largest absolute Gasteiger partial charge is 0.445 e. The van der Waals surface area contributed by atoms with E-state index >= 15 is 0 Å². The fourth-order valence-electron chi connectivity index (χ4n) is 2.53. The molecule has 0 aromatic heterocycles. The molecule has 1 aromatic rings. The summed E-state index contributed by atoms with van der Waals surface area (Å²) in [6.45, 7) is 3.24. The Kier molecular flexibility index (Phi) is 7.43. The number of fused-ring (bicyclic) bond motifs is 1. The van der Waals surface area contributed by atoms with E-state index < -0.39 is 29.9 Å². The molecule has 2 rings (SSSR count). The minimum absolute atomic E-state index is 0.150. The van der Waals surface area contributed by atoms with E-state index in [9.17, 15) is 9.36 Å². The number of rotatable bonds is 6. The molecule has 1 amide bonds. The Morgan fingerprint density at radius 3 is 2.38 bits per heavy atom. The van der Waals surface area contributed by atoms with Gasteiger partial charge in [0.25, 0.3) is 0 Å². The molecule has 1 aliphatic heterocycles. The van der Waals surface area contributed by atoms with Gasteiger partial charge in [0.05, 0.1) is 13.2 Å². The third-order valence-corrected chi connectivity index (χ3v) is 6.13. The monoisotopic (exact) mass is 441 g/mol. The van der Waals surface area contributed by atoms with Crippen LogP contribution in [0, 0.1) is 0 Å². The first-order valence-corrected chi connectivity index (χ1v) is 10.6. The lowest BCUT2D eigenvalue weighted by atomic mass is 10.0. The number of amides is 1. The van der Waals surface area contributed by atoms with Crippen LogP contribution < -0.4 is 0 Å². The Labute approximate surface area is 167 Å². The Morgan fingerprint density at radius 1 is 1.19 bits per heavy atom. The Balaban J connectivity index is 2.43. The fourth-order valence-corrected chi connectivity index (χ4v) is 4.82. The van der Waals surface area contributed by atoms with Gasteiger partial charge in [-0.2, -0.15) is 0 Å². The summed E-state index contributed by atoms with van der Waals surface area (Å²) < 4.78 is 27.7. The zero-order chi connectivity index (χ0) is 19.4. The summed E-state index contributed by atoms with van der Waals surface area (Å²) in [5, 5.41) is 0. The first-order chi connectivity index (χ1) is 12.2. The average molecular weight is 443 g/mol. The predicted molar refractivity (Wildman–Crippen MR) is 103 cm³/mol. The molecule has 26 heavy (non-hydrogen) atoms. The van der Waals surface area contributed by atoms with Crippen LogP contribution in [0.4, 0.5) is 4.79 Å². The van der Waals surface area contributed by atoms with Gasteiger partial charge in [-0.1, -0.05) is 59.1 Å². The minimum Gasteiger partial charge on any atom is -0.445 e. The van der Waals surface area contributed by atoms with E-state index in [1.807, 2.05) is 12.1 Å². The maximum absolute atomic E-state index is 13.4. The molecule has 0 saturated carbocycles. The van der Waals surface area contributed by atoms with Crippen molar-refractivity contribution in [3.8, 4) is 0 Å². The number of benzene rings is 1. The van der Waals surface area contributed by atoms with Crippen molar-refractivity contribution in [2.24, 2.45) is 0 Å². The predicted octanol–water partition coefficient (Wildman–Crippen LogP) is 5.74. The number of carbonyl (C=O) groups is 1. The fraction of sp³-hybridized carbons (Fsp3) is 0.438. The van der Waals surface area contributed by atoms with Gasteiger partial charge in [0.15, 0.2) is 5.78 Å². The number of carbonyl (C=O) groups excluding carboxylic acids is 1. The van der Waals surface area contributed by atoms with Crippen LogP contribution in [-0.2, 0) is 18.3 Å². The van der Waals surface area contributed by atoms with E-state index in [1.165, 1.54) is 6.20 Å². The molecule has 0 N–H and O–H groups in total. The third-order valence-electron chi connectivity index (χ3n) is 3.44. The summed E-state index contributed by atoms with van der Waals surface area (Å²) in [4.78, 5) is 13.7. The van der Waals surface area contributed by atoms with Gasteiger partial charge in [0.2, 0.25) is 3.79 Å². The number of hydrogen-bond acceptors (Lipinski definition) is 5. The van der Waals surface area contributed by atoms with Gasteiger partial charge in [-0.05, 0) is 31.1 Å².